The van der Waals surface area contributed by atoms with Crippen LogP contribution in [-0.4, -0.2) is 36.5 Å². The van der Waals surface area contributed by atoms with Gasteiger partial charge in [-0.2, -0.15) is 5.26 Å². The molecule has 4 nitrogen and oxygen atoms in total. The van der Waals surface area contributed by atoms with Gasteiger partial charge in [0, 0.05) is 12.6 Å². The van der Waals surface area contributed by atoms with Crippen molar-refractivity contribution < 1.29 is 4.79 Å². The highest BCUT2D eigenvalue weighted by atomic mass is 16.1. The van der Waals surface area contributed by atoms with E-state index >= 15 is 0 Å². The second-order valence-electron chi connectivity index (χ2n) is 4.27. The molecule has 84 valence electrons. The Morgan fingerprint density at radius 2 is 2.07 bits per heavy atom. The first-order chi connectivity index (χ1) is 7.13. The number of nitrogens with one attached hydrogen (secondary N) is 1. The number of nitrogens with zero attached hydrogens (tertiary/aromatic N) is 2. The average molecular weight is 209 g/mol. The van der Waals surface area contributed by atoms with Crippen LogP contribution in [0.5, 0.6) is 0 Å². The van der Waals surface area contributed by atoms with Gasteiger partial charge in [0.25, 0.3) is 0 Å². The van der Waals surface area contributed by atoms with Gasteiger partial charge in [-0.1, -0.05) is 0 Å². The predicted octanol–water partition coefficient (Wildman–Crippen LogP) is 0.747. The molecule has 15 heavy (non-hydrogen) atoms. The molecule has 1 heterocycles. The average Bonchev–Trinajstić information content (AvgIpc) is 2.68. The highest BCUT2D eigenvalue weighted by Gasteiger charge is 2.18. The molecule has 0 aromatic rings. The van der Waals surface area contributed by atoms with Gasteiger partial charge >= 0.3 is 0 Å². The van der Waals surface area contributed by atoms with Gasteiger partial charge in [0.2, 0.25) is 5.91 Å². The van der Waals surface area contributed by atoms with Crippen LogP contribution in [0, 0.1) is 17.2 Å². The largest absolute Gasteiger partial charge is 0.351 e. The zero-order valence-corrected chi connectivity index (χ0v) is 9.49. The lowest BCUT2D eigenvalue weighted by Gasteiger charge is -2.21. The van der Waals surface area contributed by atoms with Gasteiger partial charge in [-0.3, -0.25) is 4.79 Å². The van der Waals surface area contributed by atoms with Crippen molar-refractivity contribution in [1.82, 2.24) is 10.2 Å². The zero-order valence-electron chi connectivity index (χ0n) is 9.49. The summed E-state index contributed by atoms with van der Waals surface area (Å²) in [6.07, 6.45) is 2.52. The van der Waals surface area contributed by atoms with Gasteiger partial charge in [0.05, 0.1) is 6.07 Å². The molecule has 0 spiro atoms. The lowest BCUT2D eigenvalue weighted by molar-refractivity contribution is -0.123. The highest BCUT2D eigenvalue weighted by molar-refractivity contribution is 5.80. The van der Waals surface area contributed by atoms with Gasteiger partial charge in [-0.25, -0.2) is 0 Å². The summed E-state index contributed by atoms with van der Waals surface area (Å²) >= 11 is 0. The summed E-state index contributed by atoms with van der Waals surface area (Å²) in [6, 6.07) is 2.07. The van der Waals surface area contributed by atoms with Gasteiger partial charge in [0.1, 0.15) is 5.92 Å². The summed E-state index contributed by atoms with van der Waals surface area (Å²) in [7, 11) is 0. The van der Waals surface area contributed by atoms with E-state index in [1.807, 2.05) is 13.0 Å². The maximum absolute atomic E-state index is 11.4. The molecule has 4 heteroatoms. The van der Waals surface area contributed by atoms with Crippen LogP contribution in [0.25, 0.3) is 0 Å². The van der Waals surface area contributed by atoms with Gasteiger partial charge in [0.15, 0.2) is 0 Å². The van der Waals surface area contributed by atoms with E-state index in [0.29, 0.717) is 0 Å². The molecule has 0 bridgehead atoms. The van der Waals surface area contributed by atoms with Crippen LogP contribution in [0.2, 0.25) is 0 Å². The number of carbonyl (C=O) groups excluding carboxylic acids is 1. The Morgan fingerprint density at radius 1 is 1.47 bits per heavy atom. The van der Waals surface area contributed by atoms with E-state index in [1.54, 1.807) is 6.92 Å². The molecule has 1 saturated heterocycles. The van der Waals surface area contributed by atoms with E-state index in [-0.39, 0.29) is 11.9 Å². The maximum atomic E-state index is 11.4. The summed E-state index contributed by atoms with van der Waals surface area (Å²) in [5.41, 5.74) is 0. The summed E-state index contributed by atoms with van der Waals surface area (Å²) in [6.45, 7) is 6.77. The Labute approximate surface area is 91.2 Å². The second kappa shape index (κ2) is 5.72. The third kappa shape index (κ3) is 3.88. The molecule has 0 aliphatic carbocycles. The molecule has 2 unspecified atom stereocenters. The molecule has 1 aliphatic rings. The Kier molecular flexibility index (Phi) is 4.57. The van der Waals surface area contributed by atoms with Gasteiger partial charge in [-0.15, -0.1) is 0 Å². The highest BCUT2D eigenvalue weighted by Crippen LogP contribution is 2.07. The van der Waals surface area contributed by atoms with Gasteiger partial charge < -0.3 is 10.2 Å². The molecule has 0 aromatic carbocycles. The molecule has 2 atom stereocenters. The first kappa shape index (κ1) is 12.0. The van der Waals surface area contributed by atoms with Crippen molar-refractivity contribution in [2.75, 3.05) is 19.6 Å². The maximum Gasteiger partial charge on any atom is 0.237 e. The topological polar surface area (TPSA) is 56.1 Å². The minimum Gasteiger partial charge on any atom is -0.351 e. The lowest BCUT2D eigenvalue weighted by Crippen LogP contribution is -2.42. The van der Waals surface area contributed by atoms with Crippen molar-refractivity contribution in [2.45, 2.75) is 32.7 Å². The number of amides is 1. The quantitative estimate of drug-likeness (QED) is 0.743. The smallest absolute Gasteiger partial charge is 0.237 e. The zero-order chi connectivity index (χ0) is 11.3. The van der Waals surface area contributed by atoms with E-state index in [0.717, 1.165) is 19.6 Å². The molecule has 0 aromatic heterocycles. The fraction of sp³-hybridized carbons (Fsp3) is 0.818. The minimum atomic E-state index is -0.550. The van der Waals surface area contributed by atoms with Crippen molar-refractivity contribution in [2.24, 2.45) is 5.92 Å². The minimum absolute atomic E-state index is 0.131. The molecule has 1 fully saturated rings. The number of carbonyl (C=O) groups is 1. The number of likely N-dealkylation sites (tertiary alicyclic amines) is 1. The fourth-order valence-electron chi connectivity index (χ4n) is 1.82. The Bertz CT molecular complexity index is 253. The lowest BCUT2D eigenvalue weighted by atomic mass is 10.2. The Balaban J connectivity index is 2.26. The fourth-order valence-corrected chi connectivity index (χ4v) is 1.82. The van der Waals surface area contributed by atoms with E-state index < -0.39 is 5.92 Å². The van der Waals surface area contributed by atoms with Crippen LogP contribution in [0.3, 0.4) is 0 Å². The predicted molar refractivity (Wildman–Crippen MR) is 58.1 cm³/mol. The summed E-state index contributed by atoms with van der Waals surface area (Å²) in [5.74, 6) is -0.713. The van der Waals surface area contributed by atoms with E-state index in [2.05, 4.69) is 10.2 Å². The van der Waals surface area contributed by atoms with Crippen LogP contribution in [-0.2, 0) is 4.79 Å². The monoisotopic (exact) mass is 209 g/mol. The first-order valence-corrected chi connectivity index (χ1v) is 5.56. The second-order valence-corrected chi connectivity index (χ2v) is 4.27. The van der Waals surface area contributed by atoms with Crippen LogP contribution in [0.4, 0.5) is 0 Å². The van der Waals surface area contributed by atoms with Crippen molar-refractivity contribution in [3.63, 3.8) is 0 Å². The molecule has 1 amide bonds. The van der Waals surface area contributed by atoms with E-state index in [4.69, 9.17) is 5.26 Å². The summed E-state index contributed by atoms with van der Waals surface area (Å²) < 4.78 is 0. The molecule has 1 rings (SSSR count). The molecular formula is C11H19N3O. The van der Waals surface area contributed by atoms with Gasteiger partial charge in [-0.05, 0) is 39.8 Å². The van der Waals surface area contributed by atoms with Crippen LogP contribution in [0.1, 0.15) is 26.7 Å². The Hall–Kier alpha value is -1.08. The third-order valence-corrected chi connectivity index (χ3v) is 2.71. The molecule has 1 aliphatic heterocycles. The molecule has 1 N–H and O–H groups in total. The van der Waals surface area contributed by atoms with Crippen LogP contribution >= 0.6 is 0 Å². The first-order valence-electron chi connectivity index (χ1n) is 5.56. The normalized spacial score (nSPS) is 20.6. The van der Waals surface area contributed by atoms with Crippen LogP contribution < -0.4 is 5.32 Å². The van der Waals surface area contributed by atoms with Crippen LogP contribution in [0.15, 0.2) is 0 Å². The number of nitriles is 1. The van der Waals surface area contributed by atoms with Crippen molar-refractivity contribution >= 4 is 5.91 Å². The van der Waals surface area contributed by atoms with Crippen molar-refractivity contribution in [3.8, 4) is 6.07 Å². The third-order valence-electron chi connectivity index (χ3n) is 2.71. The molecule has 0 saturated carbocycles. The summed E-state index contributed by atoms with van der Waals surface area (Å²) in [4.78, 5) is 13.8. The number of hydrogen-bond donors (Lipinski definition) is 1. The van der Waals surface area contributed by atoms with Crippen molar-refractivity contribution in [1.29, 1.82) is 5.26 Å². The number of hydrogen-bond acceptors (Lipinski definition) is 3. The standard InChI is InChI=1S/C11H19N3O/c1-9(7-12)11(15)13-10(2)8-14-5-3-4-6-14/h9-10H,3-6,8H2,1-2H3,(H,13,15). The Morgan fingerprint density at radius 3 is 2.60 bits per heavy atom. The SMILES string of the molecule is CC(CN1CCCC1)NC(=O)C(C)C#N. The molecular weight excluding hydrogens is 190 g/mol. The van der Waals surface area contributed by atoms with Crippen molar-refractivity contribution in [3.05, 3.63) is 0 Å². The number of rotatable bonds is 4. The summed E-state index contributed by atoms with van der Waals surface area (Å²) in [5, 5.41) is 11.4. The molecule has 0 radical (unpaired) electrons. The van der Waals surface area contributed by atoms with E-state index in [9.17, 15) is 4.79 Å². The van der Waals surface area contributed by atoms with E-state index in [1.165, 1.54) is 12.8 Å².